The molecule has 0 aromatic heterocycles. The summed E-state index contributed by atoms with van der Waals surface area (Å²) in [5, 5.41) is 3.23. The van der Waals surface area contributed by atoms with E-state index in [0.717, 1.165) is 19.4 Å². The van der Waals surface area contributed by atoms with E-state index in [1.165, 1.54) is 6.42 Å². The van der Waals surface area contributed by atoms with Crippen LogP contribution in [-0.4, -0.2) is 17.8 Å². The predicted molar refractivity (Wildman–Crippen MR) is 59.4 cm³/mol. The van der Waals surface area contributed by atoms with E-state index in [9.17, 15) is 4.79 Å². The van der Waals surface area contributed by atoms with Gasteiger partial charge in [-0.1, -0.05) is 27.2 Å². The molecule has 82 valence electrons. The van der Waals surface area contributed by atoms with Gasteiger partial charge in [-0.15, -0.1) is 11.6 Å². The molecule has 1 saturated carbocycles. The Kier molecular flexibility index (Phi) is 3.82. The molecule has 2 nitrogen and oxygen atoms in total. The maximum Gasteiger partial charge on any atom is 0.225 e. The summed E-state index contributed by atoms with van der Waals surface area (Å²) in [6.07, 6.45) is 3.44. The molecule has 0 aromatic rings. The molecular weight excluding hydrogens is 198 g/mol. The Hall–Kier alpha value is -0.240. The number of carbonyl (C=O) groups excluding carboxylic acids is 1. The first-order valence-electron chi connectivity index (χ1n) is 5.33. The molecular formula is C11H20ClNO. The third-order valence-electron chi connectivity index (χ3n) is 2.77. The van der Waals surface area contributed by atoms with Gasteiger partial charge in [0.1, 0.15) is 0 Å². The quantitative estimate of drug-likeness (QED) is 0.708. The fraction of sp³-hybridized carbons (Fsp3) is 0.909. The number of hydrogen-bond acceptors (Lipinski definition) is 1. The maximum atomic E-state index is 11.6. The van der Waals surface area contributed by atoms with Crippen molar-refractivity contribution in [2.24, 2.45) is 11.3 Å². The molecule has 1 amide bonds. The van der Waals surface area contributed by atoms with Gasteiger partial charge in [0.2, 0.25) is 5.91 Å². The lowest BCUT2D eigenvalue weighted by molar-refractivity contribution is -0.128. The van der Waals surface area contributed by atoms with Crippen LogP contribution >= 0.6 is 11.6 Å². The first-order chi connectivity index (χ1) is 6.41. The minimum absolute atomic E-state index is 0.119. The summed E-state index contributed by atoms with van der Waals surface area (Å²) >= 11 is 6.12. The predicted octanol–water partition coefficient (Wildman–Crippen LogP) is 2.56. The lowest BCUT2D eigenvalue weighted by atomic mass is 9.95. The van der Waals surface area contributed by atoms with Gasteiger partial charge < -0.3 is 5.32 Å². The third-order valence-corrected chi connectivity index (χ3v) is 3.35. The number of amides is 1. The van der Waals surface area contributed by atoms with E-state index in [4.69, 9.17) is 11.6 Å². The molecule has 0 saturated heterocycles. The Balaban J connectivity index is 2.30. The average Bonchev–Trinajstić information content (AvgIpc) is 2.45. The van der Waals surface area contributed by atoms with Crippen LogP contribution in [0, 0.1) is 11.3 Å². The molecule has 0 radical (unpaired) electrons. The van der Waals surface area contributed by atoms with Crippen molar-refractivity contribution < 1.29 is 4.79 Å². The molecule has 14 heavy (non-hydrogen) atoms. The largest absolute Gasteiger partial charge is 0.355 e. The van der Waals surface area contributed by atoms with Gasteiger partial charge in [0, 0.05) is 17.3 Å². The van der Waals surface area contributed by atoms with Crippen LogP contribution in [0.25, 0.3) is 0 Å². The normalized spacial score (nSPS) is 27.7. The van der Waals surface area contributed by atoms with Gasteiger partial charge in [-0.25, -0.2) is 0 Å². The van der Waals surface area contributed by atoms with Crippen LogP contribution in [0.3, 0.4) is 0 Å². The molecule has 1 fully saturated rings. The summed E-state index contributed by atoms with van der Waals surface area (Å²) in [6.45, 7) is 6.52. The van der Waals surface area contributed by atoms with E-state index < -0.39 is 0 Å². The second-order valence-electron chi connectivity index (χ2n) is 5.17. The zero-order valence-electron chi connectivity index (χ0n) is 9.27. The molecule has 2 unspecified atom stereocenters. The second-order valence-corrected chi connectivity index (χ2v) is 5.73. The monoisotopic (exact) mass is 217 g/mol. The Labute approximate surface area is 91.4 Å². The maximum absolute atomic E-state index is 11.6. The van der Waals surface area contributed by atoms with Gasteiger partial charge in [0.25, 0.3) is 0 Å². The molecule has 1 rings (SSSR count). The zero-order valence-corrected chi connectivity index (χ0v) is 10.0. The van der Waals surface area contributed by atoms with Crippen LogP contribution in [0.15, 0.2) is 0 Å². The summed E-state index contributed by atoms with van der Waals surface area (Å²) in [5.74, 6) is 0.594. The van der Waals surface area contributed by atoms with E-state index in [0.29, 0.717) is 5.92 Å². The summed E-state index contributed by atoms with van der Waals surface area (Å²) in [5.41, 5.74) is -0.291. The fourth-order valence-electron chi connectivity index (χ4n) is 1.71. The lowest BCUT2D eigenvalue weighted by Crippen LogP contribution is -2.38. The van der Waals surface area contributed by atoms with Gasteiger partial charge in [-0.05, 0) is 18.8 Å². The van der Waals surface area contributed by atoms with Gasteiger partial charge >= 0.3 is 0 Å². The van der Waals surface area contributed by atoms with Crippen LogP contribution in [0.2, 0.25) is 0 Å². The Bertz CT molecular complexity index is 210. The highest BCUT2D eigenvalue weighted by Crippen LogP contribution is 2.29. The first-order valence-corrected chi connectivity index (χ1v) is 5.77. The topological polar surface area (TPSA) is 29.1 Å². The Morgan fingerprint density at radius 3 is 2.50 bits per heavy atom. The summed E-state index contributed by atoms with van der Waals surface area (Å²) < 4.78 is 0. The van der Waals surface area contributed by atoms with Crippen molar-refractivity contribution in [3.8, 4) is 0 Å². The van der Waals surface area contributed by atoms with Crippen molar-refractivity contribution >= 4 is 17.5 Å². The van der Waals surface area contributed by atoms with E-state index >= 15 is 0 Å². The van der Waals surface area contributed by atoms with Crippen molar-refractivity contribution in [2.75, 3.05) is 6.54 Å². The minimum Gasteiger partial charge on any atom is -0.355 e. The van der Waals surface area contributed by atoms with E-state index in [1.54, 1.807) is 0 Å². The number of hydrogen-bond donors (Lipinski definition) is 1. The van der Waals surface area contributed by atoms with E-state index in [1.807, 2.05) is 20.8 Å². The Morgan fingerprint density at radius 2 is 2.07 bits per heavy atom. The van der Waals surface area contributed by atoms with Gasteiger partial charge in [0.05, 0.1) is 0 Å². The van der Waals surface area contributed by atoms with Gasteiger partial charge in [0.15, 0.2) is 0 Å². The Morgan fingerprint density at radius 1 is 1.43 bits per heavy atom. The highest BCUT2D eigenvalue weighted by molar-refractivity contribution is 6.20. The molecule has 1 aliphatic rings. The van der Waals surface area contributed by atoms with Crippen molar-refractivity contribution in [1.82, 2.24) is 5.32 Å². The van der Waals surface area contributed by atoms with Crippen molar-refractivity contribution in [3.05, 3.63) is 0 Å². The van der Waals surface area contributed by atoms with Crippen LogP contribution in [0.1, 0.15) is 40.0 Å². The van der Waals surface area contributed by atoms with Crippen molar-refractivity contribution in [2.45, 2.75) is 45.4 Å². The summed E-state index contributed by atoms with van der Waals surface area (Å²) in [4.78, 5) is 11.6. The summed E-state index contributed by atoms with van der Waals surface area (Å²) in [7, 11) is 0. The number of rotatable bonds is 2. The molecule has 1 aliphatic carbocycles. The summed E-state index contributed by atoms with van der Waals surface area (Å²) in [6, 6.07) is 0. The molecule has 2 atom stereocenters. The molecule has 0 spiro atoms. The zero-order chi connectivity index (χ0) is 10.8. The lowest BCUT2D eigenvalue weighted by Gasteiger charge is -2.20. The number of alkyl halides is 1. The number of nitrogens with one attached hydrogen (secondary N) is 1. The molecule has 0 bridgehead atoms. The standard InChI is InChI=1S/C11H20ClNO/c1-11(2,3)10(14)13-7-8-5-4-6-9(8)12/h8-9H,4-7H2,1-3H3,(H,13,14). The van der Waals surface area contributed by atoms with Gasteiger partial charge in [-0.3, -0.25) is 4.79 Å². The van der Waals surface area contributed by atoms with E-state index in [-0.39, 0.29) is 16.7 Å². The van der Waals surface area contributed by atoms with E-state index in [2.05, 4.69) is 5.32 Å². The van der Waals surface area contributed by atoms with Crippen LogP contribution in [-0.2, 0) is 4.79 Å². The molecule has 3 heteroatoms. The number of carbonyl (C=O) groups is 1. The third kappa shape index (κ3) is 3.16. The molecule has 1 N–H and O–H groups in total. The van der Waals surface area contributed by atoms with Crippen LogP contribution in [0.5, 0.6) is 0 Å². The second kappa shape index (κ2) is 4.52. The molecule has 0 aliphatic heterocycles. The average molecular weight is 218 g/mol. The molecule has 0 heterocycles. The minimum atomic E-state index is -0.291. The smallest absolute Gasteiger partial charge is 0.225 e. The van der Waals surface area contributed by atoms with Crippen LogP contribution < -0.4 is 5.32 Å². The first kappa shape index (κ1) is 11.8. The van der Waals surface area contributed by atoms with Crippen molar-refractivity contribution in [3.63, 3.8) is 0 Å². The van der Waals surface area contributed by atoms with Crippen LogP contribution in [0.4, 0.5) is 0 Å². The molecule has 0 aromatic carbocycles. The highest BCUT2D eigenvalue weighted by Gasteiger charge is 2.27. The van der Waals surface area contributed by atoms with Crippen molar-refractivity contribution in [1.29, 1.82) is 0 Å². The highest BCUT2D eigenvalue weighted by atomic mass is 35.5. The van der Waals surface area contributed by atoms with Gasteiger partial charge in [-0.2, -0.15) is 0 Å². The fourth-order valence-corrected chi connectivity index (χ4v) is 2.08. The number of halogens is 1. The SMILES string of the molecule is CC(C)(C)C(=O)NCC1CCCC1Cl.